The van der Waals surface area contributed by atoms with Gasteiger partial charge in [0.1, 0.15) is 0 Å². The minimum absolute atomic E-state index is 0.600. The minimum atomic E-state index is -0.854. The van der Waals surface area contributed by atoms with E-state index in [1.807, 2.05) is 41.5 Å². The molecular formula is C44H74O6. The normalized spacial score (nSPS) is 12.2. The molecule has 0 spiro atoms. The number of ether oxygens (including phenoxy) is 6. The molecule has 2 rings (SSSR count). The van der Waals surface area contributed by atoms with Crippen molar-refractivity contribution in [2.24, 2.45) is 0 Å². The third-order valence-electron chi connectivity index (χ3n) is 9.32. The standard InChI is InChI=1S/C44H74O6/c1-7-45-43(46-8-2,47-9-3)37-25-21-17-13-15-19-23-27-39-29-33-41(34-30-39)42-35-31-40(32-36-42)28-24-20-16-14-18-22-26-38-44(48-10-4,49-11-5)50-12-6/h29-36H,7-28,37-38H2,1-6H3. The van der Waals surface area contributed by atoms with Crippen molar-refractivity contribution in [1.29, 1.82) is 0 Å². The van der Waals surface area contributed by atoms with Crippen molar-refractivity contribution in [1.82, 2.24) is 0 Å². The Labute approximate surface area is 307 Å². The highest BCUT2D eigenvalue weighted by Gasteiger charge is 2.32. The third-order valence-corrected chi connectivity index (χ3v) is 9.32. The molecule has 0 saturated carbocycles. The highest BCUT2D eigenvalue weighted by molar-refractivity contribution is 5.64. The van der Waals surface area contributed by atoms with Gasteiger partial charge in [-0.15, -0.1) is 0 Å². The lowest BCUT2D eigenvalue weighted by Gasteiger charge is -2.32. The zero-order chi connectivity index (χ0) is 36.2. The fourth-order valence-corrected chi connectivity index (χ4v) is 6.84. The lowest BCUT2D eigenvalue weighted by molar-refractivity contribution is -0.380. The molecule has 0 atom stereocenters. The second-order valence-electron chi connectivity index (χ2n) is 13.3. The van der Waals surface area contributed by atoms with Crippen LogP contribution in [0.4, 0.5) is 0 Å². The summed E-state index contributed by atoms with van der Waals surface area (Å²) in [5.74, 6) is -1.71. The van der Waals surface area contributed by atoms with E-state index in [-0.39, 0.29) is 0 Å². The van der Waals surface area contributed by atoms with E-state index >= 15 is 0 Å². The molecule has 0 heterocycles. The summed E-state index contributed by atoms with van der Waals surface area (Å²) in [6.07, 6.45) is 21.3. The van der Waals surface area contributed by atoms with Gasteiger partial charge in [-0.25, -0.2) is 0 Å². The van der Waals surface area contributed by atoms with Crippen LogP contribution in [0.3, 0.4) is 0 Å². The first-order chi connectivity index (χ1) is 24.5. The zero-order valence-electron chi connectivity index (χ0n) is 33.0. The molecule has 0 radical (unpaired) electrons. The van der Waals surface area contributed by atoms with Crippen LogP contribution in [0.2, 0.25) is 0 Å². The Morgan fingerprint density at radius 1 is 0.320 bits per heavy atom. The first-order valence-corrected chi connectivity index (χ1v) is 20.5. The molecule has 0 unspecified atom stereocenters. The highest BCUT2D eigenvalue weighted by atomic mass is 16.9. The SMILES string of the molecule is CCOC(CCCCCCCCCc1ccc(-c2ccc(CCCCCCCCCC(OCC)(OCC)OCC)cc2)cc1)(OCC)OCC. The number of unbranched alkanes of at least 4 members (excludes halogenated alkanes) is 12. The fraction of sp³-hybridized carbons (Fsp3) is 0.727. The van der Waals surface area contributed by atoms with E-state index in [0.717, 1.165) is 38.5 Å². The predicted octanol–water partition coefficient (Wildman–Crippen LogP) is 12.2. The molecule has 50 heavy (non-hydrogen) atoms. The summed E-state index contributed by atoms with van der Waals surface area (Å²) >= 11 is 0. The van der Waals surface area contributed by atoms with Crippen molar-refractivity contribution in [3.63, 3.8) is 0 Å². The van der Waals surface area contributed by atoms with Crippen LogP contribution >= 0.6 is 0 Å². The molecule has 0 aliphatic heterocycles. The van der Waals surface area contributed by atoms with Crippen LogP contribution in [-0.2, 0) is 41.3 Å². The van der Waals surface area contributed by atoms with Crippen LogP contribution in [-0.4, -0.2) is 51.6 Å². The van der Waals surface area contributed by atoms with Gasteiger partial charge in [0.05, 0.1) is 0 Å². The molecule has 6 heteroatoms. The van der Waals surface area contributed by atoms with Crippen LogP contribution in [0.15, 0.2) is 48.5 Å². The molecule has 0 N–H and O–H groups in total. The van der Waals surface area contributed by atoms with Crippen molar-refractivity contribution >= 4 is 0 Å². The third kappa shape index (κ3) is 18.1. The smallest absolute Gasteiger partial charge is 0.282 e. The number of hydrogen-bond acceptors (Lipinski definition) is 6. The van der Waals surface area contributed by atoms with Gasteiger partial charge in [-0.1, -0.05) is 113 Å². The van der Waals surface area contributed by atoms with E-state index in [1.165, 1.54) is 99.3 Å². The molecule has 0 saturated heterocycles. The molecule has 0 bridgehead atoms. The van der Waals surface area contributed by atoms with E-state index in [0.29, 0.717) is 39.6 Å². The van der Waals surface area contributed by atoms with E-state index in [4.69, 9.17) is 28.4 Å². The lowest BCUT2D eigenvalue weighted by atomic mass is 9.98. The Hall–Kier alpha value is -1.80. The Balaban J connectivity index is 1.56. The van der Waals surface area contributed by atoms with Crippen molar-refractivity contribution in [3.05, 3.63) is 59.7 Å². The summed E-state index contributed by atoms with van der Waals surface area (Å²) in [7, 11) is 0. The highest BCUT2D eigenvalue weighted by Crippen LogP contribution is 2.26. The topological polar surface area (TPSA) is 55.4 Å². The quantitative estimate of drug-likeness (QED) is 0.0546. The minimum Gasteiger partial charge on any atom is -0.328 e. The Bertz CT molecular complexity index is 934. The average Bonchev–Trinajstić information content (AvgIpc) is 3.11. The van der Waals surface area contributed by atoms with Crippen molar-refractivity contribution in [3.8, 4) is 11.1 Å². The van der Waals surface area contributed by atoms with Gasteiger partial charge >= 0.3 is 0 Å². The summed E-state index contributed by atoms with van der Waals surface area (Å²) in [6, 6.07) is 18.4. The van der Waals surface area contributed by atoms with Crippen molar-refractivity contribution in [2.45, 2.75) is 169 Å². The van der Waals surface area contributed by atoms with Crippen LogP contribution < -0.4 is 0 Å². The number of benzene rings is 2. The van der Waals surface area contributed by atoms with Crippen LogP contribution in [0.1, 0.15) is 155 Å². The maximum absolute atomic E-state index is 5.85. The largest absolute Gasteiger partial charge is 0.328 e. The van der Waals surface area contributed by atoms with Crippen molar-refractivity contribution < 1.29 is 28.4 Å². The van der Waals surface area contributed by atoms with Crippen LogP contribution in [0.25, 0.3) is 11.1 Å². The second kappa shape index (κ2) is 27.8. The molecule has 0 fully saturated rings. The zero-order valence-corrected chi connectivity index (χ0v) is 33.0. The molecule has 2 aromatic rings. The van der Waals surface area contributed by atoms with Crippen LogP contribution in [0.5, 0.6) is 0 Å². The lowest BCUT2D eigenvalue weighted by Crippen LogP contribution is -2.39. The summed E-state index contributed by atoms with van der Waals surface area (Å²) < 4.78 is 35.1. The second-order valence-corrected chi connectivity index (χ2v) is 13.3. The number of aryl methyl sites for hydroxylation is 2. The van der Waals surface area contributed by atoms with Crippen molar-refractivity contribution in [2.75, 3.05) is 39.6 Å². The maximum atomic E-state index is 5.85. The molecule has 286 valence electrons. The summed E-state index contributed by atoms with van der Waals surface area (Å²) in [4.78, 5) is 0. The summed E-state index contributed by atoms with van der Waals surface area (Å²) in [5.41, 5.74) is 5.50. The van der Waals surface area contributed by atoms with E-state index in [1.54, 1.807) is 0 Å². The first kappa shape index (κ1) is 44.4. The molecule has 2 aromatic carbocycles. The van der Waals surface area contributed by atoms with Gasteiger partial charge in [-0.2, -0.15) is 0 Å². The van der Waals surface area contributed by atoms with E-state index < -0.39 is 11.9 Å². The van der Waals surface area contributed by atoms with E-state index in [2.05, 4.69) is 48.5 Å². The van der Waals surface area contributed by atoms with Gasteiger partial charge in [0, 0.05) is 52.5 Å². The van der Waals surface area contributed by atoms with Gasteiger partial charge in [0.2, 0.25) is 0 Å². The van der Waals surface area contributed by atoms with Gasteiger partial charge in [-0.05, 0) is 102 Å². The predicted molar refractivity (Wildman–Crippen MR) is 208 cm³/mol. The van der Waals surface area contributed by atoms with Gasteiger partial charge in [0.25, 0.3) is 11.9 Å². The molecule has 0 aliphatic carbocycles. The number of rotatable bonds is 33. The Kier molecular flexibility index (Phi) is 24.7. The maximum Gasteiger partial charge on any atom is 0.282 e. The Morgan fingerprint density at radius 2 is 0.560 bits per heavy atom. The van der Waals surface area contributed by atoms with Gasteiger partial charge in [-0.3, -0.25) is 0 Å². The van der Waals surface area contributed by atoms with Crippen LogP contribution in [0, 0.1) is 0 Å². The molecule has 0 amide bonds. The molecule has 6 nitrogen and oxygen atoms in total. The fourth-order valence-electron chi connectivity index (χ4n) is 6.84. The average molecular weight is 699 g/mol. The monoisotopic (exact) mass is 699 g/mol. The Morgan fingerprint density at radius 3 is 0.820 bits per heavy atom. The van der Waals surface area contributed by atoms with Gasteiger partial charge in [0.15, 0.2) is 0 Å². The molecule has 0 aliphatic rings. The van der Waals surface area contributed by atoms with E-state index in [9.17, 15) is 0 Å². The number of hydrogen-bond donors (Lipinski definition) is 0. The summed E-state index contributed by atoms with van der Waals surface area (Å²) in [5, 5.41) is 0. The van der Waals surface area contributed by atoms with Gasteiger partial charge < -0.3 is 28.4 Å². The first-order valence-electron chi connectivity index (χ1n) is 20.5. The molecular weight excluding hydrogens is 624 g/mol. The summed E-state index contributed by atoms with van der Waals surface area (Å²) in [6.45, 7) is 15.6. The molecule has 0 aromatic heterocycles.